The van der Waals surface area contributed by atoms with Gasteiger partial charge in [0.05, 0.1) is 5.69 Å². The van der Waals surface area contributed by atoms with Crippen LogP contribution in [0, 0.1) is 6.92 Å². The summed E-state index contributed by atoms with van der Waals surface area (Å²) in [6, 6.07) is 0. The summed E-state index contributed by atoms with van der Waals surface area (Å²) in [4.78, 5) is 15.1. The van der Waals surface area contributed by atoms with Crippen molar-refractivity contribution in [3.05, 3.63) is 28.5 Å². The molecule has 0 spiro atoms. The highest BCUT2D eigenvalue weighted by molar-refractivity contribution is 7.15. The van der Waals surface area contributed by atoms with E-state index in [0.29, 0.717) is 5.92 Å². The third-order valence-electron chi connectivity index (χ3n) is 3.86. The third kappa shape index (κ3) is 3.30. The Morgan fingerprint density at radius 3 is 2.90 bits per heavy atom. The fourth-order valence-electron chi connectivity index (χ4n) is 2.76. The summed E-state index contributed by atoms with van der Waals surface area (Å²) in [5.41, 5.74) is 2.37. The Balaban J connectivity index is 1.82. The van der Waals surface area contributed by atoms with Gasteiger partial charge < -0.3 is 5.32 Å². The van der Waals surface area contributed by atoms with E-state index in [1.807, 2.05) is 19.3 Å². The van der Waals surface area contributed by atoms with Crippen molar-refractivity contribution in [1.82, 2.24) is 20.3 Å². The van der Waals surface area contributed by atoms with Crippen molar-refractivity contribution in [2.24, 2.45) is 0 Å². The van der Waals surface area contributed by atoms with Crippen molar-refractivity contribution >= 4 is 11.3 Å². The number of nitrogens with zero attached hydrogens (tertiary/aromatic N) is 3. The first-order valence-electron chi connectivity index (χ1n) is 7.77. The third-order valence-corrected chi connectivity index (χ3v) is 4.99. The average molecular weight is 302 g/mol. The predicted molar refractivity (Wildman–Crippen MR) is 86.7 cm³/mol. The Bertz CT molecular complexity index is 591. The zero-order valence-electron chi connectivity index (χ0n) is 12.7. The van der Waals surface area contributed by atoms with Crippen LogP contribution < -0.4 is 5.32 Å². The summed E-state index contributed by atoms with van der Waals surface area (Å²) < 4.78 is 0. The summed E-state index contributed by atoms with van der Waals surface area (Å²) >= 11 is 1.77. The van der Waals surface area contributed by atoms with E-state index in [0.717, 1.165) is 35.9 Å². The molecule has 0 aliphatic heterocycles. The minimum atomic E-state index is 0.552. The molecule has 1 N–H and O–H groups in total. The van der Waals surface area contributed by atoms with Crippen LogP contribution in [-0.4, -0.2) is 28.0 Å². The quantitative estimate of drug-likeness (QED) is 0.861. The minimum absolute atomic E-state index is 0.552. The van der Waals surface area contributed by atoms with Crippen LogP contribution in [0.5, 0.6) is 0 Å². The number of hydrogen-bond donors (Lipinski definition) is 1. The van der Waals surface area contributed by atoms with Gasteiger partial charge in [-0.05, 0) is 44.7 Å². The maximum absolute atomic E-state index is 4.86. The number of aromatic nitrogens is 3. The highest BCUT2D eigenvalue weighted by Crippen LogP contribution is 2.37. The molecule has 0 bridgehead atoms. The van der Waals surface area contributed by atoms with Crippen LogP contribution in [0.25, 0.3) is 10.8 Å². The first-order valence-corrected chi connectivity index (χ1v) is 8.59. The van der Waals surface area contributed by atoms with Gasteiger partial charge >= 0.3 is 0 Å². The minimum Gasteiger partial charge on any atom is -0.316 e. The van der Waals surface area contributed by atoms with Gasteiger partial charge in [0.2, 0.25) is 0 Å². The Morgan fingerprint density at radius 1 is 1.33 bits per heavy atom. The highest BCUT2D eigenvalue weighted by atomic mass is 32.1. The molecular weight excluding hydrogens is 280 g/mol. The molecule has 2 heterocycles. The lowest BCUT2D eigenvalue weighted by Gasteiger charge is -2.21. The molecule has 0 saturated heterocycles. The first-order chi connectivity index (χ1) is 10.3. The molecule has 0 fully saturated rings. The van der Waals surface area contributed by atoms with Crippen molar-refractivity contribution in [3.63, 3.8) is 0 Å². The van der Waals surface area contributed by atoms with Gasteiger partial charge in [-0.3, -0.25) is 0 Å². The van der Waals surface area contributed by atoms with Crippen LogP contribution >= 0.6 is 11.3 Å². The molecule has 2 aromatic heterocycles. The number of hydrogen-bond acceptors (Lipinski definition) is 5. The van der Waals surface area contributed by atoms with E-state index in [-0.39, 0.29) is 0 Å². The van der Waals surface area contributed by atoms with E-state index < -0.39 is 0 Å². The van der Waals surface area contributed by atoms with Crippen molar-refractivity contribution in [2.45, 2.75) is 45.4 Å². The Morgan fingerprint density at radius 2 is 2.14 bits per heavy atom. The lowest BCUT2D eigenvalue weighted by atomic mass is 9.91. The molecule has 5 heteroatoms. The smallest absolute Gasteiger partial charge is 0.188 e. The van der Waals surface area contributed by atoms with Gasteiger partial charge in [0.25, 0.3) is 0 Å². The molecule has 3 rings (SSSR count). The topological polar surface area (TPSA) is 50.7 Å². The highest BCUT2D eigenvalue weighted by Gasteiger charge is 2.25. The average Bonchev–Trinajstić information content (AvgIpc) is 2.93. The van der Waals surface area contributed by atoms with Crippen LogP contribution in [0.3, 0.4) is 0 Å². The molecular formula is C16H22N4S. The van der Waals surface area contributed by atoms with E-state index in [1.54, 1.807) is 11.3 Å². The lowest BCUT2D eigenvalue weighted by Crippen LogP contribution is -2.24. The molecule has 0 amide bonds. The molecule has 1 aliphatic carbocycles. The number of rotatable bonds is 5. The maximum Gasteiger partial charge on any atom is 0.188 e. The molecule has 1 aliphatic rings. The first kappa shape index (κ1) is 14.6. The Hall–Kier alpha value is -1.33. The second kappa shape index (κ2) is 6.62. The number of fused-ring (bicyclic) bond motifs is 1. The van der Waals surface area contributed by atoms with Gasteiger partial charge in [-0.2, -0.15) is 0 Å². The normalized spacial score (nSPS) is 17.7. The van der Waals surface area contributed by atoms with Crippen LogP contribution in [0.15, 0.2) is 12.4 Å². The Kier molecular flexibility index (Phi) is 4.60. The van der Waals surface area contributed by atoms with Gasteiger partial charge in [0.15, 0.2) is 10.8 Å². The standard InChI is InChI=1S/C16H22N4S/c1-3-7-17-10-12-5-4-6-13-14(12)20-16(21-13)15-18-8-11(2)9-19-15/h8-9,12,17H,3-7,10H2,1-2H3. The molecule has 0 radical (unpaired) electrons. The molecule has 21 heavy (non-hydrogen) atoms. The molecule has 1 unspecified atom stereocenters. The lowest BCUT2D eigenvalue weighted by molar-refractivity contribution is 0.502. The predicted octanol–water partition coefficient (Wildman–Crippen LogP) is 3.33. The van der Waals surface area contributed by atoms with Crippen LogP contribution in [0.4, 0.5) is 0 Å². The number of nitrogens with one attached hydrogen (secondary N) is 1. The van der Waals surface area contributed by atoms with Gasteiger partial charge in [-0.15, -0.1) is 11.3 Å². The van der Waals surface area contributed by atoms with E-state index in [1.165, 1.54) is 29.8 Å². The fourth-order valence-corrected chi connectivity index (χ4v) is 3.90. The number of thiazole rings is 1. The van der Waals surface area contributed by atoms with Crippen LogP contribution in [0.1, 0.15) is 48.2 Å². The summed E-state index contributed by atoms with van der Waals surface area (Å²) in [6.45, 7) is 6.34. The second-order valence-corrected chi connectivity index (χ2v) is 6.79. The van der Waals surface area contributed by atoms with Crippen molar-refractivity contribution in [3.8, 4) is 10.8 Å². The van der Waals surface area contributed by atoms with E-state index in [2.05, 4.69) is 22.2 Å². The number of aryl methyl sites for hydroxylation is 2. The second-order valence-electron chi connectivity index (χ2n) is 5.70. The SMILES string of the molecule is CCCNCC1CCCc2sc(-c3ncc(C)cn3)nc21. The molecule has 2 aromatic rings. The zero-order chi connectivity index (χ0) is 14.7. The van der Waals surface area contributed by atoms with Gasteiger partial charge in [-0.1, -0.05) is 6.92 Å². The van der Waals surface area contributed by atoms with Crippen molar-refractivity contribution in [1.29, 1.82) is 0 Å². The summed E-state index contributed by atoms with van der Waals surface area (Å²) in [5.74, 6) is 1.32. The summed E-state index contributed by atoms with van der Waals surface area (Å²) in [6.07, 6.45) is 8.57. The zero-order valence-corrected chi connectivity index (χ0v) is 13.5. The van der Waals surface area contributed by atoms with E-state index in [4.69, 9.17) is 4.98 Å². The molecule has 4 nitrogen and oxygen atoms in total. The van der Waals surface area contributed by atoms with Crippen molar-refractivity contribution in [2.75, 3.05) is 13.1 Å². The van der Waals surface area contributed by atoms with E-state index >= 15 is 0 Å². The molecule has 0 saturated carbocycles. The van der Waals surface area contributed by atoms with Crippen LogP contribution in [0.2, 0.25) is 0 Å². The monoisotopic (exact) mass is 302 g/mol. The maximum atomic E-state index is 4.86. The Labute approximate surface area is 130 Å². The molecule has 0 aromatic carbocycles. The largest absolute Gasteiger partial charge is 0.316 e. The molecule has 1 atom stereocenters. The van der Waals surface area contributed by atoms with Crippen LogP contribution in [-0.2, 0) is 6.42 Å². The molecule has 112 valence electrons. The van der Waals surface area contributed by atoms with E-state index in [9.17, 15) is 0 Å². The summed E-state index contributed by atoms with van der Waals surface area (Å²) in [7, 11) is 0. The summed E-state index contributed by atoms with van der Waals surface area (Å²) in [5, 5.41) is 4.51. The fraction of sp³-hybridized carbons (Fsp3) is 0.562. The van der Waals surface area contributed by atoms with Gasteiger partial charge in [0.1, 0.15) is 0 Å². The van der Waals surface area contributed by atoms with Gasteiger partial charge in [0, 0.05) is 29.7 Å². The van der Waals surface area contributed by atoms with Crippen molar-refractivity contribution < 1.29 is 0 Å². The van der Waals surface area contributed by atoms with Gasteiger partial charge in [-0.25, -0.2) is 15.0 Å².